The van der Waals surface area contributed by atoms with Gasteiger partial charge < -0.3 is 9.64 Å². The Morgan fingerprint density at radius 2 is 2.40 bits per heavy atom. The quantitative estimate of drug-likeness (QED) is 0.828. The van der Waals surface area contributed by atoms with Gasteiger partial charge in [-0.1, -0.05) is 0 Å². The Morgan fingerprint density at radius 3 is 3.20 bits per heavy atom. The molecular weight excluding hydrogens is 256 g/mol. The van der Waals surface area contributed by atoms with Crippen molar-refractivity contribution in [1.29, 1.82) is 0 Å². The monoisotopic (exact) mass is 274 g/mol. The normalized spacial score (nSPS) is 19.1. The van der Waals surface area contributed by atoms with Gasteiger partial charge in [-0.3, -0.25) is 4.68 Å². The highest BCUT2D eigenvalue weighted by Crippen LogP contribution is 2.22. The summed E-state index contributed by atoms with van der Waals surface area (Å²) in [7, 11) is 1.62. The number of rotatable bonds is 4. The van der Waals surface area contributed by atoms with E-state index in [0.717, 1.165) is 32.0 Å². The average Bonchev–Trinajstić information content (AvgIpc) is 3.00. The van der Waals surface area contributed by atoms with E-state index in [9.17, 15) is 0 Å². The van der Waals surface area contributed by atoms with Crippen molar-refractivity contribution in [3.05, 3.63) is 24.9 Å². The predicted octanol–water partition coefficient (Wildman–Crippen LogP) is 0.993. The van der Waals surface area contributed by atoms with E-state index in [1.807, 2.05) is 4.68 Å². The zero-order valence-corrected chi connectivity index (χ0v) is 11.5. The molecule has 7 nitrogen and oxygen atoms in total. The van der Waals surface area contributed by atoms with Crippen molar-refractivity contribution in [2.24, 2.45) is 5.92 Å². The topological polar surface area (TPSA) is 69.0 Å². The minimum atomic E-state index is 0.542. The third kappa shape index (κ3) is 2.87. The molecule has 3 heterocycles. The Hall–Kier alpha value is -2.18. The Labute approximate surface area is 117 Å². The molecule has 7 heteroatoms. The maximum absolute atomic E-state index is 5.16. The second-order valence-electron chi connectivity index (χ2n) is 4.97. The SMILES string of the molecule is COc1ccnc(N2CCCC(Cn3cncn3)C2)n1. The van der Waals surface area contributed by atoms with Gasteiger partial charge in [-0.25, -0.2) is 9.97 Å². The van der Waals surface area contributed by atoms with Crippen LogP contribution < -0.4 is 9.64 Å². The molecule has 0 spiro atoms. The van der Waals surface area contributed by atoms with Crippen LogP contribution in [0.1, 0.15) is 12.8 Å². The van der Waals surface area contributed by atoms with Crippen molar-refractivity contribution < 1.29 is 4.74 Å². The van der Waals surface area contributed by atoms with Crippen molar-refractivity contribution in [1.82, 2.24) is 24.7 Å². The first-order chi connectivity index (χ1) is 9.85. The Balaban J connectivity index is 1.68. The van der Waals surface area contributed by atoms with Gasteiger partial charge in [0.2, 0.25) is 11.8 Å². The molecule has 1 aliphatic heterocycles. The number of aromatic nitrogens is 5. The molecule has 0 saturated carbocycles. The summed E-state index contributed by atoms with van der Waals surface area (Å²) < 4.78 is 7.05. The van der Waals surface area contributed by atoms with E-state index >= 15 is 0 Å². The highest BCUT2D eigenvalue weighted by molar-refractivity contribution is 5.32. The lowest BCUT2D eigenvalue weighted by molar-refractivity contribution is 0.347. The standard InChI is InChI=1S/C13H18N6O/c1-20-12-4-5-15-13(17-12)18-6-2-3-11(7-18)8-19-10-14-9-16-19/h4-5,9-11H,2-3,6-8H2,1H3. The number of nitrogens with zero attached hydrogens (tertiary/aromatic N) is 6. The van der Waals surface area contributed by atoms with E-state index in [-0.39, 0.29) is 0 Å². The number of anilines is 1. The van der Waals surface area contributed by atoms with Gasteiger partial charge in [0.15, 0.2) is 0 Å². The number of ether oxygens (including phenoxy) is 1. The van der Waals surface area contributed by atoms with Crippen molar-refractivity contribution >= 4 is 5.95 Å². The summed E-state index contributed by atoms with van der Waals surface area (Å²) in [5, 5.41) is 4.17. The Kier molecular flexibility index (Phi) is 3.76. The molecule has 0 aromatic carbocycles. The van der Waals surface area contributed by atoms with Crippen molar-refractivity contribution in [2.45, 2.75) is 19.4 Å². The van der Waals surface area contributed by atoms with E-state index in [2.05, 4.69) is 25.0 Å². The maximum atomic E-state index is 5.16. The molecule has 2 aromatic rings. The zero-order chi connectivity index (χ0) is 13.8. The second-order valence-corrected chi connectivity index (χ2v) is 4.97. The Morgan fingerprint density at radius 1 is 1.45 bits per heavy atom. The van der Waals surface area contributed by atoms with Gasteiger partial charge in [-0.2, -0.15) is 10.1 Å². The van der Waals surface area contributed by atoms with Gasteiger partial charge in [0, 0.05) is 31.9 Å². The third-order valence-electron chi connectivity index (χ3n) is 3.54. The van der Waals surface area contributed by atoms with Crippen LogP contribution in [-0.4, -0.2) is 44.9 Å². The molecule has 0 bridgehead atoms. The first-order valence-corrected chi connectivity index (χ1v) is 6.79. The minimum Gasteiger partial charge on any atom is -0.481 e. The van der Waals surface area contributed by atoms with Crippen molar-refractivity contribution in [2.75, 3.05) is 25.1 Å². The molecule has 1 fully saturated rings. The molecule has 106 valence electrons. The fraction of sp³-hybridized carbons (Fsp3) is 0.538. The molecular formula is C13H18N6O. The van der Waals surface area contributed by atoms with Crippen LogP contribution in [0, 0.1) is 5.92 Å². The molecule has 1 aliphatic rings. The number of piperidine rings is 1. The summed E-state index contributed by atoms with van der Waals surface area (Å²) in [6, 6.07) is 1.76. The number of methoxy groups -OCH3 is 1. The van der Waals surface area contributed by atoms with Crippen LogP contribution in [0.3, 0.4) is 0 Å². The van der Waals surface area contributed by atoms with Crippen LogP contribution in [-0.2, 0) is 6.54 Å². The molecule has 0 aliphatic carbocycles. The molecule has 1 unspecified atom stereocenters. The number of hydrogen-bond donors (Lipinski definition) is 0. The van der Waals surface area contributed by atoms with E-state index in [4.69, 9.17) is 4.74 Å². The fourth-order valence-corrected chi connectivity index (χ4v) is 2.59. The van der Waals surface area contributed by atoms with Crippen LogP contribution in [0.4, 0.5) is 5.95 Å². The van der Waals surface area contributed by atoms with Crippen LogP contribution in [0.2, 0.25) is 0 Å². The molecule has 0 N–H and O–H groups in total. The van der Waals surface area contributed by atoms with Crippen LogP contribution >= 0.6 is 0 Å². The van der Waals surface area contributed by atoms with Gasteiger partial charge in [-0.15, -0.1) is 0 Å². The van der Waals surface area contributed by atoms with Gasteiger partial charge in [0.05, 0.1) is 7.11 Å². The third-order valence-corrected chi connectivity index (χ3v) is 3.54. The van der Waals surface area contributed by atoms with Gasteiger partial charge >= 0.3 is 0 Å². The predicted molar refractivity (Wildman–Crippen MR) is 73.5 cm³/mol. The summed E-state index contributed by atoms with van der Waals surface area (Å²) in [5.41, 5.74) is 0. The molecule has 3 rings (SSSR count). The smallest absolute Gasteiger partial charge is 0.228 e. The highest BCUT2D eigenvalue weighted by atomic mass is 16.5. The lowest BCUT2D eigenvalue weighted by Crippen LogP contribution is -2.38. The molecule has 20 heavy (non-hydrogen) atoms. The zero-order valence-electron chi connectivity index (χ0n) is 11.5. The van der Waals surface area contributed by atoms with E-state index in [0.29, 0.717) is 11.8 Å². The van der Waals surface area contributed by atoms with Crippen LogP contribution in [0.25, 0.3) is 0 Å². The maximum Gasteiger partial charge on any atom is 0.228 e. The van der Waals surface area contributed by atoms with Gasteiger partial charge in [0.1, 0.15) is 12.7 Å². The molecule has 0 amide bonds. The lowest BCUT2D eigenvalue weighted by Gasteiger charge is -2.32. The van der Waals surface area contributed by atoms with E-state index in [1.54, 1.807) is 32.0 Å². The first kappa shape index (κ1) is 12.8. The summed E-state index contributed by atoms with van der Waals surface area (Å²) in [6.07, 6.45) is 7.41. The fourth-order valence-electron chi connectivity index (χ4n) is 2.59. The van der Waals surface area contributed by atoms with Crippen LogP contribution in [0.15, 0.2) is 24.9 Å². The lowest BCUT2D eigenvalue weighted by atomic mass is 9.98. The van der Waals surface area contributed by atoms with Crippen LogP contribution in [0.5, 0.6) is 5.88 Å². The number of hydrogen-bond acceptors (Lipinski definition) is 6. The summed E-state index contributed by atoms with van der Waals surface area (Å²) in [4.78, 5) is 14.9. The first-order valence-electron chi connectivity index (χ1n) is 6.79. The van der Waals surface area contributed by atoms with Gasteiger partial charge in [-0.05, 0) is 18.8 Å². The summed E-state index contributed by atoms with van der Waals surface area (Å²) >= 11 is 0. The van der Waals surface area contributed by atoms with E-state index in [1.165, 1.54) is 6.42 Å². The van der Waals surface area contributed by atoms with Crippen molar-refractivity contribution in [3.63, 3.8) is 0 Å². The summed E-state index contributed by atoms with van der Waals surface area (Å²) in [6.45, 7) is 2.81. The van der Waals surface area contributed by atoms with E-state index < -0.39 is 0 Å². The highest BCUT2D eigenvalue weighted by Gasteiger charge is 2.22. The van der Waals surface area contributed by atoms with Crippen molar-refractivity contribution in [3.8, 4) is 5.88 Å². The van der Waals surface area contributed by atoms with Gasteiger partial charge in [0.25, 0.3) is 0 Å². The molecule has 0 radical (unpaired) electrons. The second kappa shape index (κ2) is 5.85. The molecule has 1 saturated heterocycles. The molecule has 2 aromatic heterocycles. The molecule has 1 atom stereocenters. The average molecular weight is 274 g/mol. The Bertz CT molecular complexity index is 544. The largest absolute Gasteiger partial charge is 0.481 e. The summed E-state index contributed by atoms with van der Waals surface area (Å²) in [5.74, 6) is 1.89. The minimum absolute atomic E-state index is 0.542.